The van der Waals surface area contributed by atoms with Crippen molar-refractivity contribution in [3.05, 3.63) is 59.2 Å². The molecule has 30 heavy (non-hydrogen) atoms. The van der Waals surface area contributed by atoms with E-state index in [0.717, 1.165) is 11.2 Å². The number of nitrogens with zero attached hydrogens (tertiary/aromatic N) is 2. The highest BCUT2D eigenvalue weighted by atomic mass is 35.5. The molecule has 1 aromatic heterocycles. The van der Waals surface area contributed by atoms with Gasteiger partial charge in [-0.2, -0.15) is 18.3 Å². The Hall–Kier alpha value is -2.23. The van der Waals surface area contributed by atoms with Gasteiger partial charge in [-0.15, -0.1) is 11.8 Å². The summed E-state index contributed by atoms with van der Waals surface area (Å²) in [5, 5.41) is 5.36. The van der Waals surface area contributed by atoms with Crippen LogP contribution in [0.2, 0.25) is 5.02 Å². The largest absolute Gasteiger partial charge is 0.435 e. The first-order valence-corrected chi connectivity index (χ1v) is 12.1. The van der Waals surface area contributed by atoms with Gasteiger partial charge in [-0.1, -0.05) is 23.7 Å². The topological polar surface area (TPSA) is 52.0 Å². The first-order chi connectivity index (χ1) is 14.0. The summed E-state index contributed by atoms with van der Waals surface area (Å²) >= 11 is 7.91. The van der Waals surface area contributed by atoms with E-state index in [0.29, 0.717) is 21.5 Å². The Morgan fingerprint density at radius 3 is 2.13 bits per heavy atom. The predicted octanol–water partition coefficient (Wildman–Crippen LogP) is 5.98. The highest BCUT2D eigenvalue weighted by Crippen LogP contribution is 2.41. The van der Waals surface area contributed by atoms with Crippen LogP contribution in [0.25, 0.3) is 27.4 Å². The standard InChI is InChI=1S/C20H14ClF3N2O2S2/c1-29-16-10-9-14-13(17(16)21)7-8-15-18(14)26(25-19(15)20(22,23)24)11-3-5-12(6-4-11)30(2,27)28/h3-10H,1-2H3. The van der Waals surface area contributed by atoms with Crippen LogP contribution in [0.5, 0.6) is 0 Å². The zero-order valence-corrected chi connectivity index (χ0v) is 18.0. The van der Waals surface area contributed by atoms with E-state index in [9.17, 15) is 21.6 Å². The third-order valence-electron chi connectivity index (χ3n) is 4.74. The SMILES string of the molecule is CSc1ccc2c(ccc3c(C(F)(F)F)nn(-c4ccc(S(C)(=O)=O)cc4)c32)c1Cl. The van der Waals surface area contributed by atoms with Gasteiger partial charge in [-0.05, 0) is 42.7 Å². The molecule has 0 saturated carbocycles. The lowest BCUT2D eigenvalue weighted by Crippen LogP contribution is -2.07. The lowest BCUT2D eigenvalue weighted by atomic mass is 10.1. The number of halogens is 4. The highest BCUT2D eigenvalue weighted by molar-refractivity contribution is 7.98. The summed E-state index contributed by atoms with van der Waals surface area (Å²) in [5.74, 6) is 0. The molecular weight excluding hydrogens is 457 g/mol. The van der Waals surface area contributed by atoms with Crippen LogP contribution >= 0.6 is 23.4 Å². The van der Waals surface area contributed by atoms with Crippen molar-refractivity contribution in [3.63, 3.8) is 0 Å². The van der Waals surface area contributed by atoms with Crippen LogP contribution in [0.3, 0.4) is 0 Å². The predicted molar refractivity (Wildman–Crippen MR) is 113 cm³/mol. The molecule has 0 aliphatic heterocycles. The fourth-order valence-electron chi connectivity index (χ4n) is 3.34. The monoisotopic (exact) mass is 470 g/mol. The van der Waals surface area contributed by atoms with Crippen LogP contribution < -0.4 is 0 Å². The Kier molecular flexibility index (Phi) is 5.03. The molecule has 0 spiro atoms. The van der Waals surface area contributed by atoms with Gasteiger partial charge in [0.2, 0.25) is 0 Å². The molecule has 4 aromatic rings. The van der Waals surface area contributed by atoms with E-state index in [1.54, 1.807) is 18.2 Å². The van der Waals surface area contributed by atoms with E-state index < -0.39 is 21.7 Å². The summed E-state index contributed by atoms with van der Waals surface area (Å²) in [6, 6.07) is 12.0. The third-order valence-corrected chi connectivity index (χ3v) is 7.16. The Balaban J connectivity index is 2.09. The van der Waals surface area contributed by atoms with Crippen molar-refractivity contribution in [1.82, 2.24) is 9.78 Å². The summed E-state index contributed by atoms with van der Waals surface area (Å²) in [6.07, 6.45) is -1.74. The summed E-state index contributed by atoms with van der Waals surface area (Å²) in [5.41, 5.74) is -0.460. The van der Waals surface area contributed by atoms with Crippen LogP contribution in [0.1, 0.15) is 5.69 Å². The van der Waals surface area contributed by atoms with Gasteiger partial charge in [0.15, 0.2) is 15.5 Å². The van der Waals surface area contributed by atoms with Crippen molar-refractivity contribution in [2.24, 2.45) is 0 Å². The van der Waals surface area contributed by atoms with Gasteiger partial charge in [0, 0.05) is 27.3 Å². The number of benzene rings is 3. The molecule has 4 rings (SSSR count). The lowest BCUT2D eigenvalue weighted by Gasteiger charge is -2.10. The van der Waals surface area contributed by atoms with E-state index in [-0.39, 0.29) is 15.8 Å². The summed E-state index contributed by atoms with van der Waals surface area (Å²) < 4.78 is 65.7. The number of aromatic nitrogens is 2. The van der Waals surface area contributed by atoms with E-state index in [4.69, 9.17) is 11.6 Å². The Labute approximate surface area is 179 Å². The highest BCUT2D eigenvalue weighted by Gasteiger charge is 2.37. The van der Waals surface area contributed by atoms with Gasteiger partial charge >= 0.3 is 6.18 Å². The van der Waals surface area contributed by atoms with Crippen LogP contribution in [-0.4, -0.2) is 30.7 Å². The smallest absolute Gasteiger partial charge is 0.232 e. The number of fused-ring (bicyclic) bond motifs is 3. The maximum atomic E-state index is 13.7. The quantitative estimate of drug-likeness (QED) is 0.346. The van der Waals surface area contributed by atoms with Crippen molar-refractivity contribution in [1.29, 1.82) is 0 Å². The second-order valence-electron chi connectivity index (χ2n) is 6.66. The molecule has 4 nitrogen and oxygen atoms in total. The zero-order valence-electron chi connectivity index (χ0n) is 15.7. The summed E-state index contributed by atoms with van der Waals surface area (Å²) in [7, 11) is -3.44. The molecular formula is C20H14ClF3N2O2S2. The number of hydrogen-bond acceptors (Lipinski definition) is 4. The first-order valence-electron chi connectivity index (χ1n) is 8.58. The second-order valence-corrected chi connectivity index (χ2v) is 9.90. The molecule has 0 unspecified atom stereocenters. The molecule has 0 radical (unpaired) electrons. The fraction of sp³-hybridized carbons (Fsp3) is 0.150. The average molecular weight is 471 g/mol. The minimum absolute atomic E-state index is 0.0600. The van der Waals surface area contributed by atoms with E-state index >= 15 is 0 Å². The Bertz CT molecular complexity index is 1400. The maximum absolute atomic E-state index is 13.7. The van der Waals surface area contributed by atoms with Crippen LogP contribution in [0.15, 0.2) is 58.3 Å². The number of rotatable bonds is 3. The molecule has 0 N–H and O–H groups in total. The average Bonchev–Trinajstić information content (AvgIpc) is 3.08. The number of thioether (sulfide) groups is 1. The normalized spacial score (nSPS) is 12.7. The van der Waals surface area contributed by atoms with Crippen LogP contribution in [-0.2, 0) is 16.0 Å². The summed E-state index contributed by atoms with van der Waals surface area (Å²) in [6.45, 7) is 0. The van der Waals surface area contributed by atoms with Crippen molar-refractivity contribution >= 4 is 54.9 Å². The molecule has 10 heteroatoms. The van der Waals surface area contributed by atoms with Crippen LogP contribution in [0, 0.1) is 0 Å². The maximum Gasteiger partial charge on any atom is 0.435 e. The van der Waals surface area contributed by atoms with Crippen LogP contribution in [0.4, 0.5) is 13.2 Å². The van der Waals surface area contributed by atoms with Gasteiger partial charge in [0.25, 0.3) is 0 Å². The molecule has 0 atom stereocenters. The number of sulfone groups is 1. The molecule has 0 aliphatic carbocycles. The van der Waals surface area contributed by atoms with E-state index in [1.165, 1.54) is 46.8 Å². The number of hydrogen-bond donors (Lipinski definition) is 0. The molecule has 0 bridgehead atoms. The van der Waals surface area contributed by atoms with Crippen molar-refractivity contribution < 1.29 is 21.6 Å². The van der Waals surface area contributed by atoms with Crippen molar-refractivity contribution in [3.8, 4) is 5.69 Å². The minimum atomic E-state index is -4.66. The molecule has 1 heterocycles. The van der Waals surface area contributed by atoms with Gasteiger partial charge in [-0.25, -0.2) is 13.1 Å². The zero-order chi connectivity index (χ0) is 21.8. The van der Waals surface area contributed by atoms with Gasteiger partial charge < -0.3 is 0 Å². The molecule has 0 amide bonds. The fourth-order valence-corrected chi connectivity index (χ4v) is 4.93. The van der Waals surface area contributed by atoms with E-state index in [2.05, 4.69) is 5.10 Å². The van der Waals surface area contributed by atoms with Gasteiger partial charge in [0.05, 0.1) is 21.1 Å². The number of alkyl halides is 3. The second kappa shape index (κ2) is 7.18. The Morgan fingerprint density at radius 1 is 0.967 bits per heavy atom. The molecule has 0 aliphatic rings. The molecule has 0 fully saturated rings. The first kappa shape index (κ1) is 21.0. The third kappa shape index (κ3) is 3.44. The molecule has 0 saturated heterocycles. The summed E-state index contributed by atoms with van der Waals surface area (Å²) in [4.78, 5) is 0.874. The minimum Gasteiger partial charge on any atom is -0.232 e. The van der Waals surface area contributed by atoms with Crippen molar-refractivity contribution in [2.75, 3.05) is 12.5 Å². The lowest BCUT2D eigenvalue weighted by molar-refractivity contribution is -0.140. The van der Waals surface area contributed by atoms with Gasteiger partial charge in [-0.3, -0.25) is 0 Å². The molecule has 156 valence electrons. The van der Waals surface area contributed by atoms with Crippen molar-refractivity contribution in [2.45, 2.75) is 16.0 Å². The molecule has 3 aromatic carbocycles. The Morgan fingerprint density at radius 2 is 1.57 bits per heavy atom. The van der Waals surface area contributed by atoms with E-state index in [1.807, 2.05) is 6.26 Å². The van der Waals surface area contributed by atoms with Gasteiger partial charge in [0.1, 0.15) is 0 Å².